The van der Waals surface area contributed by atoms with Crippen molar-refractivity contribution < 1.29 is 27.8 Å². The Morgan fingerprint density at radius 3 is 2.25 bits per heavy atom. The molecule has 0 bridgehead atoms. The Bertz CT molecular complexity index is 834. The predicted octanol–water partition coefficient (Wildman–Crippen LogP) is 3.18. The van der Waals surface area contributed by atoms with Crippen LogP contribution in [0.5, 0.6) is 11.5 Å². The van der Waals surface area contributed by atoms with Crippen LogP contribution in [0.3, 0.4) is 0 Å². The molecule has 3 rings (SSSR count). The van der Waals surface area contributed by atoms with E-state index in [0.717, 1.165) is 18.8 Å². The van der Waals surface area contributed by atoms with Crippen molar-refractivity contribution in [1.29, 1.82) is 0 Å². The average molecular weight is 390 g/mol. The number of alkyl halides is 2. The average Bonchev–Trinajstić information content (AvgIpc) is 2.68. The maximum Gasteiger partial charge on any atom is 0.387 e. The molecule has 2 aromatic carbocycles. The van der Waals surface area contributed by atoms with E-state index in [1.807, 2.05) is 12.1 Å². The highest BCUT2D eigenvalue weighted by Crippen LogP contribution is 2.22. The maximum atomic E-state index is 12.3. The number of carbonyl (C=O) groups is 2. The first-order valence-electron chi connectivity index (χ1n) is 8.80. The van der Waals surface area contributed by atoms with Gasteiger partial charge in [-0.1, -0.05) is 6.07 Å². The Morgan fingerprint density at radius 1 is 0.964 bits per heavy atom. The van der Waals surface area contributed by atoms with E-state index in [0.29, 0.717) is 18.8 Å². The van der Waals surface area contributed by atoms with Gasteiger partial charge in [0.05, 0.1) is 5.56 Å². The zero-order valence-electron chi connectivity index (χ0n) is 15.3. The number of anilines is 1. The van der Waals surface area contributed by atoms with Crippen molar-refractivity contribution in [2.24, 2.45) is 0 Å². The minimum atomic E-state index is -2.96. The molecule has 1 aliphatic heterocycles. The Kier molecular flexibility index (Phi) is 6.08. The second-order valence-corrected chi connectivity index (χ2v) is 6.28. The predicted molar refractivity (Wildman–Crippen MR) is 98.9 cm³/mol. The van der Waals surface area contributed by atoms with Crippen LogP contribution in [0.1, 0.15) is 17.3 Å². The molecule has 2 aromatic rings. The molecule has 28 heavy (non-hydrogen) atoms. The van der Waals surface area contributed by atoms with Crippen LogP contribution in [0.2, 0.25) is 0 Å². The first-order valence-corrected chi connectivity index (χ1v) is 8.80. The molecule has 1 saturated heterocycles. The van der Waals surface area contributed by atoms with Gasteiger partial charge < -0.3 is 19.3 Å². The smallest absolute Gasteiger partial charge is 0.387 e. The number of piperazine rings is 1. The van der Waals surface area contributed by atoms with Crippen LogP contribution in [0.15, 0.2) is 48.5 Å². The quantitative estimate of drug-likeness (QED) is 0.580. The van der Waals surface area contributed by atoms with Gasteiger partial charge >= 0.3 is 12.6 Å². The third-order valence-electron chi connectivity index (χ3n) is 4.43. The number of ether oxygens (including phenoxy) is 2. The summed E-state index contributed by atoms with van der Waals surface area (Å²) in [5, 5.41) is 0. The first-order chi connectivity index (χ1) is 13.4. The summed E-state index contributed by atoms with van der Waals surface area (Å²) in [7, 11) is 0. The third kappa shape index (κ3) is 4.97. The third-order valence-corrected chi connectivity index (χ3v) is 4.43. The summed E-state index contributed by atoms with van der Waals surface area (Å²) in [6, 6.07) is 12.5. The van der Waals surface area contributed by atoms with E-state index in [-0.39, 0.29) is 17.2 Å². The van der Waals surface area contributed by atoms with Crippen molar-refractivity contribution in [3.05, 3.63) is 54.1 Å². The van der Waals surface area contributed by atoms with Crippen LogP contribution in [-0.2, 0) is 4.79 Å². The fraction of sp³-hybridized carbons (Fsp3) is 0.300. The van der Waals surface area contributed by atoms with Crippen molar-refractivity contribution >= 4 is 17.6 Å². The summed E-state index contributed by atoms with van der Waals surface area (Å²) in [5.41, 5.74) is 1.08. The van der Waals surface area contributed by atoms with Crippen LogP contribution in [-0.4, -0.2) is 49.6 Å². The van der Waals surface area contributed by atoms with Crippen LogP contribution in [0, 0.1) is 0 Å². The van der Waals surface area contributed by atoms with E-state index in [4.69, 9.17) is 4.74 Å². The highest BCUT2D eigenvalue weighted by molar-refractivity contribution is 5.91. The topological polar surface area (TPSA) is 59.1 Å². The Hall–Kier alpha value is -3.16. The van der Waals surface area contributed by atoms with Gasteiger partial charge in [-0.2, -0.15) is 8.78 Å². The molecule has 0 spiro atoms. The van der Waals surface area contributed by atoms with Crippen LogP contribution >= 0.6 is 0 Å². The summed E-state index contributed by atoms with van der Waals surface area (Å²) >= 11 is 0. The molecule has 0 unspecified atom stereocenters. The molecular formula is C20H20F2N2O4. The van der Waals surface area contributed by atoms with Gasteiger partial charge in [-0.05, 0) is 42.5 Å². The minimum Gasteiger partial charge on any atom is -0.435 e. The van der Waals surface area contributed by atoms with E-state index >= 15 is 0 Å². The van der Waals surface area contributed by atoms with E-state index < -0.39 is 12.6 Å². The molecule has 1 heterocycles. The fourth-order valence-corrected chi connectivity index (χ4v) is 2.97. The van der Waals surface area contributed by atoms with Gasteiger partial charge in [0.15, 0.2) is 0 Å². The van der Waals surface area contributed by atoms with Gasteiger partial charge in [-0.15, -0.1) is 0 Å². The summed E-state index contributed by atoms with van der Waals surface area (Å²) < 4.78 is 34.2. The number of carbonyl (C=O) groups excluding carboxylic acids is 2. The van der Waals surface area contributed by atoms with Gasteiger partial charge in [0.2, 0.25) is 5.91 Å². The molecule has 6 nitrogen and oxygen atoms in total. The summed E-state index contributed by atoms with van der Waals surface area (Å²) in [5.74, 6) is -0.353. The molecule has 0 aliphatic carbocycles. The van der Waals surface area contributed by atoms with Crippen LogP contribution in [0.25, 0.3) is 0 Å². The van der Waals surface area contributed by atoms with E-state index in [9.17, 15) is 18.4 Å². The van der Waals surface area contributed by atoms with Crippen molar-refractivity contribution in [3.8, 4) is 11.5 Å². The molecule has 1 aliphatic rings. The van der Waals surface area contributed by atoms with Gasteiger partial charge in [-0.3, -0.25) is 4.79 Å². The number of halogens is 2. The SMILES string of the molecule is CC(=O)N1CCN(c2ccc(OC(=O)c3cccc(OC(F)F)c3)cc2)CC1. The molecule has 0 radical (unpaired) electrons. The van der Waals surface area contributed by atoms with Crippen molar-refractivity contribution in [2.45, 2.75) is 13.5 Å². The highest BCUT2D eigenvalue weighted by Gasteiger charge is 2.19. The fourth-order valence-electron chi connectivity index (χ4n) is 2.97. The molecule has 1 fully saturated rings. The Morgan fingerprint density at radius 2 is 1.64 bits per heavy atom. The van der Waals surface area contributed by atoms with Gasteiger partial charge in [0, 0.05) is 38.8 Å². The maximum absolute atomic E-state index is 12.3. The molecule has 8 heteroatoms. The van der Waals surface area contributed by atoms with Crippen molar-refractivity contribution in [3.63, 3.8) is 0 Å². The first kappa shape index (κ1) is 19.6. The van der Waals surface area contributed by atoms with E-state index in [1.165, 1.54) is 24.3 Å². The lowest BCUT2D eigenvalue weighted by Crippen LogP contribution is -2.48. The summed E-state index contributed by atoms with van der Waals surface area (Å²) in [6.45, 7) is 1.40. The van der Waals surface area contributed by atoms with Gasteiger partial charge in [-0.25, -0.2) is 4.79 Å². The van der Waals surface area contributed by atoms with E-state index in [2.05, 4.69) is 9.64 Å². The largest absolute Gasteiger partial charge is 0.435 e. The number of hydrogen-bond donors (Lipinski definition) is 0. The lowest BCUT2D eigenvalue weighted by atomic mass is 10.2. The molecule has 1 amide bonds. The van der Waals surface area contributed by atoms with Crippen molar-refractivity contribution in [1.82, 2.24) is 4.90 Å². The molecule has 0 saturated carbocycles. The standard InChI is InChI=1S/C20H20F2N2O4/c1-14(25)23-9-11-24(12-10-23)16-5-7-17(8-6-16)27-19(26)15-3-2-4-18(13-15)28-20(21)22/h2-8,13,20H,9-12H2,1H3. The Balaban J connectivity index is 1.60. The number of esters is 1. The van der Waals surface area contributed by atoms with E-state index in [1.54, 1.807) is 24.0 Å². The molecule has 0 N–H and O–H groups in total. The number of nitrogens with zero attached hydrogens (tertiary/aromatic N) is 2. The van der Waals surface area contributed by atoms with Gasteiger partial charge in [0.1, 0.15) is 11.5 Å². The lowest BCUT2D eigenvalue weighted by molar-refractivity contribution is -0.129. The van der Waals surface area contributed by atoms with Crippen molar-refractivity contribution in [2.75, 3.05) is 31.1 Å². The minimum absolute atomic E-state index is 0.0740. The Labute approximate surface area is 161 Å². The highest BCUT2D eigenvalue weighted by atomic mass is 19.3. The number of benzene rings is 2. The lowest BCUT2D eigenvalue weighted by Gasteiger charge is -2.35. The van der Waals surface area contributed by atoms with Crippen LogP contribution < -0.4 is 14.4 Å². The van der Waals surface area contributed by atoms with Crippen LogP contribution in [0.4, 0.5) is 14.5 Å². The normalized spacial score (nSPS) is 14.1. The zero-order valence-corrected chi connectivity index (χ0v) is 15.3. The summed E-state index contributed by atoms with van der Waals surface area (Å²) in [6.07, 6.45) is 0. The second kappa shape index (κ2) is 8.69. The number of hydrogen-bond acceptors (Lipinski definition) is 5. The zero-order chi connectivity index (χ0) is 20.1. The summed E-state index contributed by atoms with van der Waals surface area (Å²) in [4.78, 5) is 27.6. The molecule has 148 valence electrons. The second-order valence-electron chi connectivity index (χ2n) is 6.28. The monoisotopic (exact) mass is 390 g/mol. The number of amides is 1. The molecule has 0 atom stereocenters. The van der Waals surface area contributed by atoms with Gasteiger partial charge in [0.25, 0.3) is 0 Å². The molecule has 0 aromatic heterocycles. The molecular weight excluding hydrogens is 370 g/mol. The number of rotatable bonds is 5.